The maximum Gasteiger partial charge on any atom is 0.289 e. The minimum absolute atomic E-state index is 0.126. The Hall–Kier alpha value is -2.20. The van der Waals surface area contributed by atoms with Crippen LogP contribution in [-0.4, -0.2) is 29.5 Å². The first-order valence-corrected chi connectivity index (χ1v) is 6.06. The van der Waals surface area contributed by atoms with Crippen LogP contribution in [0.5, 0.6) is 0 Å². The fraction of sp³-hybridized carbons (Fsp3) is 0.500. The standard InChI is InChI=1S/C12H15N5O2/c1-16(11(6-14)8-2-3-8)12-9(5-13)4-10(7-15-12)17(18)19/h4,7-8,11H,2-3,6,14H2,1H3. The van der Waals surface area contributed by atoms with Gasteiger partial charge in [-0.25, -0.2) is 4.98 Å². The maximum atomic E-state index is 10.7. The zero-order valence-corrected chi connectivity index (χ0v) is 10.6. The molecular weight excluding hydrogens is 246 g/mol. The average Bonchev–Trinajstić information content (AvgIpc) is 3.23. The van der Waals surface area contributed by atoms with Crippen molar-refractivity contribution in [2.45, 2.75) is 18.9 Å². The van der Waals surface area contributed by atoms with E-state index < -0.39 is 4.92 Å². The number of likely N-dealkylation sites (N-methyl/N-ethyl adjacent to an activating group) is 1. The summed E-state index contributed by atoms with van der Waals surface area (Å²) in [4.78, 5) is 16.0. The maximum absolute atomic E-state index is 10.7. The van der Waals surface area contributed by atoms with Crippen LogP contribution < -0.4 is 10.6 Å². The number of hydrogen-bond donors (Lipinski definition) is 1. The van der Waals surface area contributed by atoms with E-state index in [1.54, 1.807) is 0 Å². The largest absolute Gasteiger partial charge is 0.354 e. The molecule has 1 aliphatic rings. The number of aromatic nitrogens is 1. The van der Waals surface area contributed by atoms with Crippen LogP contribution in [0.1, 0.15) is 18.4 Å². The summed E-state index contributed by atoms with van der Waals surface area (Å²) in [7, 11) is 1.82. The molecule has 1 saturated carbocycles. The number of nitrogens with two attached hydrogens (primary N) is 1. The first-order chi connectivity index (χ1) is 9.08. The zero-order valence-electron chi connectivity index (χ0n) is 10.6. The van der Waals surface area contributed by atoms with Crippen LogP contribution in [0.4, 0.5) is 11.5 Å². The van der Waals surface area contributed by atoms with Crippen LogP contribution >= 0.6 is 0 Å². The van der Waals surface area contributed by atoms with Crippen molar-refractivity contribution in [3.8, 4) is 6.07 Å². The van der Waals surface area contributed by atoms with Gasteiger partial charge in [0.1, 0.15) is 23.6 Å². The Balaban J connectivity index is 2.33. The van der Waals surface area contributed by atoms with Gasteiger partial charge in [0.15, 0.2) is 0 Å². The molecule has 100 valence electrons. The Morgan fingerprint density at radius 3 is 2.89 bits per heavy atom. The lowest BCUT2D eigenvalue weighted by molar-refractivity contribution is -0.385. The summed E-state index contributed by atoms with van der Waals surface area (Å²) in [5.74, 6) is 0.981. The summed E-state index contributed by atoms with van der Waals surface area (Å²) in [6, 6.07) is 3.34. The lowest BCUT2D eigenvalue weighted by Crippen LogP contribution is -2.40. The number of nitriles is 1. The van der Waals surface area contributed by atoms with Gasteiger partial charge < -0.3 is 10.6 Å². The molecular formula is C12H15N5O2. The van der Waals surface area contributed by atoms with Gasteiger partial charge in [-0.1, -0.05) is 0 Å². The minimum Gasteiger partial charge on any atom is -0.354 e. The van der Waals surface area contributed by atoms with Crippen molar-refractivity contribution in [2.24, 2.45) is 11.7 Å². The van der Waals surface area contributed by atoms with E-state index in [2.05, 4.69) is 4.98 Å². The third-order valence-corrected chi connectivity index (χ3v) is 3.42. The van der Waals surface area contributed by atoms with Gasteiger partial charge in [0, 0.05) is 25.7 Å². The van der Waals surface area contributed by atoms with Gasteiger partial charge in [-0.05, 0) is 18.8 Å². The van der Waals surface area contributed by atoms with Crippen LogP contribution in [-0.2, 0) is 0 Å². The van der Waals surface area contributed by atoms with E-state index in [9.17, 15) is 10.1 Å². The highest BCUT2D eigenvalue weighted by atomic mass is 16.6. The fourth-order valence-corrected chi connectivity index (χ4v) is 2.21. The van der Waals surface area contributed by atoms with Crippen molar-refractivity contribution >= 4 is 11.5 Å². The molecule has 2 N–H and O–H groups in total. The number of nitro groups is 1. The van der Waals surface area contributed by atoms with E-state index in [0.717, 1.165) is 12.8 Å². The second kappa shape index (κ2) is 5.20. The summed E-state index contributed by atoms with van der Waals surface area (Å²) < 4.78 is 0. The normalized spacial score (nSPS) is 15.6. The Bertz CT molecular complexity index is 535. The topological polar surface area (TPSA) is 109 Å². The van der Waals surface area contributed by atoms with E-state index in [1.807, 2.05) is 18.0 Å². The first kappa shape index (κ1) is 13.2. The molecule has 1 heterocycles. The van der Waals surface area contributed by atoms with Crippen molar-refractivity contribution in [3.63, 3.8) is 0 Å². The van der Waals surface area contributed by atoms with E-state index in [0.29, 0.717) is 18.3 Å². The molecule has 19 heavy (non-hydrogen) atoms. The summed E-state index contributed by atoms with van der Waals surface area (Å²) in [5, 5.41) is 19.8. The van der Waals surface area contributed by atoms with Crippen molar-refractivity contribution in [2.75, 3.05) is 18.5 Å². The molecule has 0 saturated heterocycles. The monoisotopic (exact) mass is 261 g/mol. The number of rotatable bonds is 5. The van der Waals surface area contributed by atoms with Crippen LogP contribution in [0.25, 0.3) is 0 Å². The zero-order chi connectivity index (χ0) is 14.0. The highest BCUT2D eigenvalue weighted by Gasteiger charge is 2.34. The van der Waals surface area contributed by atoms with E-state index in [-0.39, 0.29) is 17.3 Å². The summed E-state index contributed by atoms with van der Waals surface area (Å²) in [5.41, 5.74) is 5.79. The lowest BCUT2D eigenvalue weighted by atomic mass is 10.1. The predicted molar refractivity (Wildman–Crippen MR) is 69.6 cm³/mol. The number of hydrogen-bond acceptors (Lipinski definition) is 6. The molecule has 1 aromatic rings. The Labute approximate surface area is 110 Å². The van der Waals surface area contributed by atoms with Gasteiger partial charge >= 0.3 is 0 Å². The molecule has 2 rings (SSSR count). The third-order valence-electron chi connectivity index (χ3n) is 3.42. The average molecular weight is 261 g/mol. The fourth-order valence-electron chi connectivity index (χ4n) is 2.21. The molecule has 7 nitrogen and oxygen atoms in total. The number of pyridine rings is 1. The Kier molecular flexibility index (Phi) is 3.62. The second-order valence-corrected chi connectivity index (χ2v) is 4.68. The molecule has 0 radical (unpaired) electrons. The molecule has 1 fully saturated rings. The smallest absolute Gasteiger partial charge is 0.289 e. The molecule has 1 unspecified atom stereocenters. The van der Waals surface area contributed by atoms with Gasteiger partial charge in [-0.2, -0.15) is 5.26 Å². The van der Waals surface area contributed by atoms with Crippen molar-refractivity contribution in [1.29, 1.82) is 5.26 Å². The summed E-state index contributed by atoms with van der Waals surface area (Å²) in [6.07, 6.45) is 3.43. The third kappa shape index (κ3) is 2.63. The summed E-state index contributed by atoms with van der Waals surface area (Å²) >= 11 is 0. The molecule has 0 spiro atoms. The molecule has 0 bridgehead atoms. The van der Waals surface area contributed by atoms with Gasteiger partial charge in [-0.15, -0.1) is 0 Å². The molecule has 0 aromatic carbocycles. The van der Waals surface area contributed by atoms with Crippen LogP contribution in [0, 0.1) is 27.4 Å². The van der Waals surface area contributed by atoms with Crippen molar-refractivity contribution in [3.05, 3.63) is 27.9 Å². The quantitative estimate of drug-likeness (QED) is 0.626. The molecule has 0 amide bonds. The predicted octanol–water partition coefficient (Wildman–Crippen LogP) is 1.03. The van der Waals surface area contributed by atoms with E-state index in [4.69, 9.17) is 11.0 Å². The SMILES string of the molecule is CN(c1ncc([N+](=O)[O-])cc1C#N)C(CN)C1CC1. The lowest BCUT2D eigenvalue weighted by Gasteiger charge is -2.28. The minimum atomic E-state index is -0.557. The second-order valence-electron chi connectivity index (χ2n) is 4.68. The molecule has 1 aromatic heterocycles. The molecule has 1 aliphatic carbocycles. The summed E-state index contributed by atoms with van der Waals surface area (Å²) in [6.45, 7) is 0.477. The first-order valence-electron chi connectivity index (χ1n) is 6.06. The molecule has 0 aliphatic heterocycles. The highest BCUT2D eigenvalue weighted by molar-refractivity contribution is 5.57. The Morgan fingerprint density at radius 1 is 1.74 bits per heavy atom. The van der Waals surface area contributed by atoms with Gasteiger partial charge in [0.2, 0.25) is 0 Å². The van der Waals surface area contributed by atoms with Crippen LogP contribution in [0.3, 0.4) is 0 Å². The van der Waals surface area contributed by atoms with E-state index in [1.165, 1.54) is 12.3 Å². The van der Waals surface area contributed by atoms with Gasteiger partial charge in [0.25, 0.3) is 5.69 Å². The van der Waals surface area contributed by atoms with Crippen molar-refractivity contribution < 1.29 is 4.92 Å². The van der Waals surface area contributed by atoms with Crippen molar-refractivity contribution in [1.82, 2.24) is 4.98 Å². The van der Waals surface area contributed by atoms with Gasteiger partial charge in [0.05, 0.1) is 4.92 Å². The highest BCUT2D eigenvalue weighted by Crippen LogP contribution is 2.36. The number of nitrogens with zero attached hydrogens (tertiary/aromatic N) is 4. The van der Waals surface area contributed by atoms with Gasteiger partial charge in [-0.3, -0.25) is 10.1 Å². The van der Waals surface area contributed by atoms with Crippen LogP contribution in [0.15, 0.2) is 12.3 Å². The van der Waals surface area contributed by atoms with E-state index >= 15 is 0 Å². The molecule has 7 heteroatoms. The molecule has 1 atom stereocenters. The number of anilines is 1. The van der Waals surface area contributed by atoms with Crippen LogP contribution in [0.2, 0.25) is 0 Å². The Morgan fingerprint density at radius 2 is 2.42 bits per heavy atom.